The van der Waals surface area contributed by atoms with Gasteiger partial charge in [-0.1, -0.05) is 0 Å². The number of rotatable bonds is 2. The third kappa shape index (κ3) is 1.26. The van der Waals surface area contributed by atoms with Gasteiger partial charge in [0, 0.05) is 18.1 Å². The Labute approximate surface area is 75.2 Å². The highest BCUT2D eigenvalue weighted by molar-refractivity contribution is 5.85. The average Bonchev–Trinajstić information content (AvgIpc) is 2.49. The molecule has 0 aliphatic carbocycles. The lowest BCUT2D eigenvalue weighted by Crippen LogP contribution is -1.94. The van der Waals surface area contributed by atoms with E-state index in [1.165, 1.54) is 0 Å². The van der Waals surface area contributed by atoms with Gasteiger partial charge >= 0.3 is 0 Å². The van der Waals surface area contributed by atoms with Gasteiger partial charge in [0.05, 0.1) is 11.7 Å². The van der Waals surface area contributed by atoms with Gasteiger partial charge < -0.3 is 5.32 Å². The Kier molecular flexibility index (Phi) is 1.73. The van der Waals surface area contributed by atoms with Crippen LogP contribution < -0.4 is 5.32 Å². The Bertz CT molecular complexity index is 447. The fourth-order valence-corrected chi connectivity index (χ4v) is 1.30. The zero-order valence-electron chi connectivity index (χ0n) is 7.19. The van der Waals surface area contributed by atoms with E-state index in [4.69, 9.17) is 0 Å². The molecule has 0 aliphatic rings. The van der Waals surface area contributed by atoms with E-state index >= 15 is 0 Å². The van der Waals surface area contributed by atoms with Crippen LogP contribution in [0, 0.1) is 0 Å². The summed E-state index contributed by atoms with van der Waals surface area (Å²) in [6, 6.07) is 5.66. The van der Waals surface area contributed by atoms with Crippen molar-refractivity contribution in [2.45, 2.75) is 0 Å². The quantitative estimate of drug-likeness (QED) is 0.696. The number of carbonyl (C=O) groups excluding carboxylic acids is 1. The van der Waals surface area contributed by atoms with Crippen LogP contribution >= 0.6 is 0 Å². The maximum absolute atomic E-state index is 10.2. The molecule has 1 aromatic carbocycles. The zero-order valence-corrected chi connectivity index (χ0v) is 7.19. The standard InChI is InChI=1S/C9H9N3O/c1-12-9-4-8(10-6-13)3-2-7(9)5-11-12/h2-6H,1H3,(H,10,13). The molecule has 0 bridgehead atoms. The molecule has 66 valence electrons. The van der Waals surface area contributed by atoms with Crippen molar-refractivity contribution in [3.8, 4) is 0 Å². The summed E-state index contributed by atoms with van der Waals surface area (Å²) in [6.07, 6.45) is 2.46. The molecule has 0 saturated carbocycles. The number of benzene rings is 1. The number of aryl methyl sites for hydroxylation is 1. The van der Waals surface area contributed by atoms with Crippen molar-refractivity contribution in [2.75, 3.05) is 5.32 Å². The van der Waals surface area contributed by atoms with Crippen LogP contribution in [0.25, 0.3) is 10.9 Å². The van der Waals surface area contributed by atoms with Gasteiger partial charge in [-0.25, -0.2) is 0 Å². The molecule has 1 aromatic heterocycles. The minimum Gasteiger partial charge on any atom is -0.329 e. The normalized spacial score (nSPS) is 10.2. The first-order valence-electron chi connectivity index (χ1n) is 3.93. The average molecular weight is 175 g/mol. The highest BCUT2D eigenvalue weighted by atomic mass is 16.1. The molecule has 0 aliphatic heterocycles. The zero-order chi connectivity index (χ0) is 9.26. The van der Waals surface area contributed by atoms with Crippen LogP contribution in [0.5, 0.6) is 0 Å². The highest BCUT2D eigenvalue weighted by Gasteiger charge is 1.99. The summed E-state index contributed by atoms with van der Waals surface area (Å²) in [4.78, 5) is 10.2. The first-order valence-corrected chi connectivity index (χ1v) is 3.93. The van der Waals surface area contributed by atoms with Crippen LogP contribution in [0.1, 0.15) is 0 Å². The molecule has 0 spiro atoms. The molecule has 1 amide bonds. The van der Waals surface area contributed by atoms with E-state index in [-0.39, 0.29) is 0 Å². The van der Waals surface area contributed by atoms with E-state index in [1.54, 1.807) is 10.9 Å². The monoisotopic (exact) mass is 175 g/mol. The number of aromatic nitrogens is 2. The summed E-state index contributed by atoms with van der Waals surface area (Å²) in [5, 5.41) is 7.76. The molecule has 4 nitrogen and oxygen atoms in total. The van der Waals surface area contributed by atoms with Crippen molar-refractivity contribution >= 4 is 23.0 Å². The van der Waals surface area contributed by atoms with E-state index < -0.39 is 0 Å². The fraction of sp³-hybridized carbons (Fsp3) is 0.111. The van der Waals surface area contributed by atoms with Crippen LogP contribution in [0.15, 0.2) is 24.4 Å². The van der Waals surface area contributed by atoms with Crippen molar-refractivity contribution in [3.63, 3.8) is 0 Å². The Morgan fingerprint density at radius 1 is 1.54 bits per heavy atom. The molecule has 1 heterocycles. The van der Waals surface area contributed by atoms with Crippen LogP contribution in [-0.4, -0.2) is 16.2 Å². The number of hydrogen-bond donors (Lipinski definition) is 1. The number of hydrogen-bond acceptors (Lipinski definition) is 2. The first kappa shape index (κ1) is 7.79. The maximum atomic E-state index is 10.2. The van der Waals surface area contributed by atoms with Crippen molar-refractivity contribution in [1.29, 1.82) is 0 Å². The first-order chi connectivity index (χ1) is 6.31. The van der Waals surface area contributed by atoms with Crippen molar-refractivity contribution in [2.24, 2.45) is 7.05 Å². The minimum atomic E-state index is 0.664. The Morgan fingerprint density at radius 3 is 3.15 bits per heavy atom. The Morgan fingerprint density at radius 2 is 2.38 bits per heavy atom. The lowest BCUT2D eigenvalue weighted by atomic mass is 10.2. The number of amides is 1. The van der Waals surface area contributed by atoms with Crippen LogP contribution in [0.3, 0.4) is 0 Å². The number of fused-ring (bicyclic) bond motifs is 1. The molecule has 0 fully saturated rings. The molecule has 2 rings (SSSR count). The smallest absolute Gasteiger partial charge is 0.211 e. The van der Waals surface area contributed by atoms with Gasteiger partial charge in [0.2, 0.25) is 6.41 Å². The molecular formula is C9H9N3O. The van der Waals surface area contributed by atoms with E-state index in [1.807, 2.05) is 25.2 Å². The van der Waals surface area contributed by atoms with Gasteiger partial charge in [0.25, 0.3) is 0 Å². The summed E-state index contributed by atoms with van der Waals surface area (Å²) >= 11 is 0. The summed E-state index contributed by atoms with van der Waals surface area (Å²) in [5.74, 6) is 0. The lowest BCUT2D eigenvalue weighted by molar-refractivity contribution is -0.105. The second-order valence-electron chi connectivity index (χ2n) is 2.80. The van der Waals surface area contributed by atoms with Gasteiger partial charge in [0.15, 0.2) is 0 Å². The molecule has 0 saturated heterocycles. The molecular weight excluding hydrogens is 166 g/mol. The van der Waals surface area contributed by atoms with E-state index in [2.05, 4.69) is 10.4 Å². The molecule has 0 radical (unpaired) electrons. The van der Waals surface area contributed by atoms with Crippen molar-refractivity contribution in [1.82, 2.24) is 9.78 Å². The molecule has 13 heavy (non-hydrogen) atoms. The SMILES string of the molecule is Cn1ncc2ccc(NC=O)cc21. The molecule has 0 unspecified atom stereocenters. The maximum Gasteiger partial charge on any atom is 0.211 e. The lowest BCUT2D eigenvalue weighted by Gasteiger charge is -1.98. The number of nitrogens with zero attached hydrogens (tertiary/aromatic N) is 2. The molecule has 2 aromatic rings. The predicted octanol–water partition coefficient (Wildman–Crippen LogP) is 1.14. The molecule has 4 heteroatoms. The second kappa shape index (κ2) is 2.90. The minimum absolute atomic E-state index is 0.664. The largest absolute Gasteiger partial charge is 0.329 e. The topological polar surface area (TPSA) is 46.9 Å². The predicted molar refractivity (Wildman–Crippen MR) is 50.4 cm³/mol. The van der Waals surface area contributed by atoms with Gasteiger partial charge in [-0.15, -0.1) is 0 Å². The molecule has 1 N–H and O–H groups in total. The highest BCUT2D eigenvalue weighted by Crippen LogP contribution is 2.17. The summed E-state index contributed by atoms with van der Waals surface area (Å²) in [7, 11) is 1.87. The number of nitrogens with one attached hydrogen (secondary N) is 1. The van der Waals surface area contributed by atoms with Crippen LogP contribution in [-0.2, 0) is 11.8 Å². The summed E-state index contributed by atoms with van der Waals surface area (Å²) < 4.78 is 1.77. The number of carbonyl (C=O) groups is 1. The van der Waals surface area contributed by atoms with E-state index in [9.17, 15) is 4.79 Å². The number of anilines is 1. The van der Waals surface area contributed by atoms with E-state index in [0.717, 1.165) is 16.6 Å². The fourth-order valence-electron chi connectivity index (χ4n) is 1.30. The van der Waals surface area contributed by atoms with Gasteiger partial charge in [-0.2, -0.15) is 5.10 Å². The van der Waals surface area contributed by atoms with E-state index in [0.29, 0.717) is 6.41 Å². The second-order valence-corrected chi connectivity index (χ2v) is 2.80. The third-order valence-corrected chi connectivity index (χ3v) is 1.97. The molecule has 0 atom stereocenters. The van der Waals surface area contributed by atoms with Gasteiger partial charge in [0.1, 0.15) is 0 Å². The van der Waals surface area contributed by atoms with Gasteiger partial charge in [-0.05, 0) is 18.2 Å². The summed E-state index contributed by atoms with van der Waals surface area (Å²) in [6.45, 7) is 0. The van der Waals surface area contributed by atoms with Crippen LogP contribution in [0.2, 0.25) is 0 Å². The van der Waals surface area contributed by atoms with Gasteiger partial charge in [-0.3, -0.25) is 9.48 Å². The van der Waals surface area contributed by atoms with Crippen LogP contribution in [0.4, 0.5) is 5.69 Å². The third-order valence-electron chi connectivity index (χ3n) is 1.97. The summed E-state index contributed by atoms with van der Waals surface area (Å²) in [5.41, 5.74) is 1.79. The Hall–Kier alpha value is -1.84. The van der Waals surface area contributed by atoms with Crippen molar-refractivity contribution < 1.29 is 4.79 Å². The van der Waals surface area contributed by atoms with Crippen molar-refractivity contribution in [3.05, 3.63) is 24.4 Å². The Balaban J connectivity index is 2.58.